The highest BCUT2D eigenvalue weighted by molar-refractivity contribution is 5.93. The van der Waals surface area contributed by atoms with E-state index in [9.17, 15) is 8.78 Å². The number of hydrogen-bond donors (Lipinski definition) is 1. The first-order valence-electron chi connectivity index (χ1n) is 6.85. The van der Waals surface area contributed by atoms with Crippen LogP contribution in [-0.2, 0) is 0 Å². The molecule has 4 rings (SSSR count). The van der Waals surface area contributed by atoms with Gasteiger partial charge in [-0.2, -0.15) is 0 Å². The summed E-state index contributed by atoms with van der Waals surface area (Å²) in [6.07, 6.45) is 4.64. The second-order valence-corrected chi connectivity index (χ2v) is 5.08. The highest BCUT2D eigenvalue weighted by Crippen LogP contribution is 2.36. The lowest BCUT2D eigenvalue weighted by molar-refractivity contribution is 0.432. The zero-order chi connectivity index (χ0) is 16.0. The van der Waals surface area contributed by atoms with Crippen molar-refractivity contribution in [3.63, 3.8) is 0 Å². The van der Waals surface area contributed by atoms with Crippen LogP contribution in [0.2, 0.25) is 0 Å². The van der Waals surface area contributed by atoms with Crippen molar-refractivity contribution in [2.75, 3.05) is 0 Å². The highest BCUT2D eigenvalue weighted by atomic mass is 19.2. The zero-order valence-electron chi connectivity index (χ0n) is 12.0. The molecule has 0 saturated carbocycles. The third-order valence-corrected chi connectivity index (χ3v) is 3.56. The molecule has 0 radical (unpaired) electrons. The van der Waals surface area contributed by atoms with Crippen LogP contribution in [-0.4, -0.2) is 20.1 Å². The van der Waals surface area contributed by atoms with Gasteiger partial charge in [0.2, 0.25) is 0 Å². The number of nitrogens with one attached hydrogen (secondary N) is 1. The monoisotopic (exact) mass is 312 g/mol. The predicted octanol–water partition coefficient (Wildman–Crippen LogP) is 3.87. The molecule has 3 heterocycles. The Balaban J connectivity index is 1.94. The summed E-state index contributed by atoms with van der Waals surface area (Å²) in [7, 11) is 0. The lowest BCUT2D eigenvalue weighted by Crippen LogP contribution is -1.90. The molecule has 0 spiro atoms. The summed E-state index contributed by atoms with van der Waals surface area (Å²) in [4.78, 5) is 11.6. The van der Waals surface area contributed by atoms with Gasteiger partial charge in [0.1, 0.15) is 5.52 Å². The number of rotatable bonds is 2. The van der Waals surface area contributed by atoms with Crippen LogP contribution in [0.4, 0.5) is 8.78 Å². The molecule has 0 atom stereocenters. The van der Waals surface area contributed by atoms with E-state index in [1.807, 2.05) is 6.92 Å². The number of fused-ring (bicyclic) bond motifs is 1. The number of aryl methyl sites for hydroxylation is 1. The van der Waals surface area contributed by atoms with Gasteiger partial charge in [0, 0.05) is 18.0 Å². The maximum Gasteiger partial charge on any atom is 0.178 e. The quantitative estimate of drug-likeness (QED) is 0.610. The topological polar surface area (TPSA) is 67.6 Å². The molecule has 4 aromatic rings. The fourth-order valence-electron chi connectivity index (χ4n) is 2.49. The van der Waals surface area contributed by atoms with Crippen molar-refractivity contribution in [2.45, 2.75) is 6.92 Å². The van der Waals surface area contributed by atoms with Crippen molar-refractivity contribution in [1.82, 2.24) is 20.1 Å². The number of aromatic amines is 1. The minimum Gasteiger partial charge on any atom is -0.355 e. The molecule has 0 fully saturated rings. The number of halogens is 2. The number of benzene rings is 1. The van der Waals surface area contributed by atoms with E-state index in [0.29, 0.717) is 28.1 Å². The number of H-pyrrole nitrogens is 1. The standard InChI is InChI=1S/C16H10F2N4O/c1-8-5-19-14-11(6-20-16(14)22-8)15-10(7-21-23-15)9-3-2-4-12(17)13(9)18/h2-7H,1H3,(H,20,22). The summed E-state index contributed by atoms with van der Waals surface area (Å²) >= 11 is 0. The molecule has 0 bridgehead atoms. The van der Waals surface area contributed by atoms with Crippen molar-refractivity contribution >= 4 is 11.2 Å². The van der Waals surface area contributed by atoms with Gasteiger partial charge >= 0.3 is 0 Å². The van der Waals surface area contributed by atoms with E-state index in [1.165, 1.54) is 18.3 Å². The van der Waals surface area contributed by atoms with E-state index in [0.717, 1.165) is 11.8 Å². The summed E-state index contributed by atoms with van der Waals surface area (Å²) < 4.78 is 32.8. The van der Waals surface area contributed by atoms with Crippen LogP contribution in [0, 0.1) is 18.6 Å². The van der Waals surface area contributed by atoms with Crippen molar-refractivity contribution in [2.24, 2.45) is 0 Å². The summed E-state index contributed by atoms with van der Waals surface area (Å²) in [5.74, 6) is -1.57. The lowest BCUT2D eigenvalue weighted by Gasteiger charge is -2.03. The summed E-state index contributed by atoms with van der Waals surface area (Å²) in [6.45, 7) is 1.83. The minimum absolute atomic E-state index is 0.0793. The molecule has 1 aromatic carbocycles. The maximum absolute atomic E-state index is 14.1. The highest BCUT2D eigenvalue weighted by Gasteiger charge is 2.21. The molecule has 114 valence electrons. The molecule has 0 aliphatic heterocycles. The van der Waals surface area contributed by atoms with Gasteiger partial charge < -0.3 is 9.51 Å². The minimum atomic E-state index is -0.946. The molecule has 0 amide bonds. The largest absolute Gasteiger partial charge is 0.355 e. The molecular formula is C16H10F2N4O. The predicted molar refractivity (Wildman–Crippen MR) is 79.5 cm³/mol. The van der Waals surface area contributed by atoms with E-state index < -0.39 is 11.6 Å². The molecule has 0 aliphatic rings. The van der Waals surface area contributed by atoms with Crippen LogP contribution in [0.15, 0.2) is 41.3 Å². The van der Waals surface area contributed by atoms with E-state index in [1.54, 1.807) is 12.4 Å². The summed E-state index contributed by atoms with van der Waals surface area (Å²) in [5.41, 5.74) is 2.94. The second-order valence-electron chi connectivity index (χ2n) is 5.08. The Morgan fingerprint density at radius 2 is 1.96 bits per heavy atom. The van der Waals surface area contributed by atoms with E-state index >= 15 is 0 Å². The Labute approximate surface area is 129 Å². The average molecular weight is 312 g/mol. The van der Waals surface area contributed by atoms with Crippen LogP contribution in [0.5, 0.6) is 0 Å². The fraction of sp³-hybridized carbons (Fsp3) is 0.0625. The molecular weight excluding hydrogens is 302 g/mol. The fourth-order valence-corrected chi connectivity index (χ4v) is 2.49. The first-order chi connectivity index (χ1) is 11.1. The van der Waals surface area contributed by atoms with Crippen LogP contribution in [0.3, 0.4) is 0 Å². The van der Waals surface area contributed by atoms with E-state index in [2.05, 4.69) is 20.1 Å². The van der Waals surface area contributed by atoms with E-state index in [4.69, 9.17) is 4.52 Å². The van der Waals surface area contributed by atoms with Crippen molar-refractivity contribution in [3.8, 4) is 22.5 Å². The normalized spacial score (nSPS) is 11.3. The number of hydrogen-bond acceptors (Lipinski definition) is 4. The van der Waals surface area contributed by atoms with Gasteiger partial charge in [0.25, 0.3) is 0 Å². The van der Waals surface area contributed by atoms with Gasteiger partial charge in [-0.3, -0.25) is 4.98 Å². The molecule has 1 N–H and O–H groups in total. The van der Waals surface area contributed by atoms with Gasteiger partial charge in [-0.15, -0.1) is 0 Å². The molecule has 0 saturated heterocycles. The SMILES string of the molecule is Cc1cnc2c(-c3oncc3-c3cccc(F)c3F)c[nH]c2n1. The summed E-state index contributed by atoms with van der Waals surface area (Å²) in [6, 6.07) is 3.97. The van der Waals surface area contributed by atoms with Gasteiger partial charge in [-0.05, 0) is 13.0 Å². The van der Waals surface area contributed by atoms with Crippen molar-refractivity contribution in [3.05, 3.63) is 54.1 Å². The lowest BCUT2D eigenvalue weighted by atomic mass is 10.0. The van der Waals surface area contributed by atoms with E-state index in [-0.39, 0.29) is 5.56 Å². The molecule has 23 heavy (non-hydrogen) atoms. The first kappa shape index (κ1) is 13.6. The van der Waals surface area contributed by atoms with Crippen molar-refractivity contribution < 1.29 is 13.3 Å². The first-order valence-corrected chi connectivity index (χ1v) is 6.85. The van der Waals surface area contributed by atoms with Crippen LogP contribution >= 0.6 is 0 Å². The molecule has 3 aromatic heterocycles. The van der Waals surface area contributed by atoms with Gasteiger partial charge in [-0.1, -0.05) is 17.3 Å². The number of aromatic nitrogens is 4. The Morgan fingerprint density at radius 1 is 1.09 bits per heavy atom. The number of nitrogens with zero attached hydrogens (tertiary/aromatic N) is 3. The molecule has 0 unspecified atom stereocenters. The van der Waals surface area contributed by atoms with Crippen molar-refractivity contribution in [1.29, 1.82) is 0 Å². The second kappa shape index (κ2) is 4.98. The Hall–Kier alpha value is -3.09. The van der Waals surface area contributed by atoms with Crippen LogP contribution in [0.1, 0.15) is 5.69 Å². The molecule has 7 heteroatoms. The maximum atomic E-state index is 14.1. The van der Waals surface area contributed by atoms with Crippen LogP contribution < -0.4 is 0 Å². The third kappa shape index (κ3) is 2.09. The van der Waals surface area contributed by atoms with Crippen LogP contribution in [0.25, 0.3) is 33.6 Å². The molecule has 0 aliphatic carbocycles. The Kier molecular flexibility index (Phi) is 2.94. The zero-order valence-corrected chi connectivity index (χ0v) is 12.0. The Morgan fingerprint density at radius 3 is 2.83 bits per heavy atom. The Bertz CT molecular complexity index is 1020. The summed E-state index contributed by atoms with van der Waals surface area (Å²) in [5, 5.41) is 3.72. The van der Waals surface area contributed by atoms with Gasteiger partial charge in [-0.25, -0.2) is 13.8 Å². The molecule has 5 nitrogen and oxygen atoms in total. The van der Waals surface area contributed by atoms with Gasteiger partial charge in [0.05, 0.1) is 23.0 Å². The third-order valence-electron chi connectivity index (χ3n) is 3.56. The average Bonchev–Trinajstić information content (AvgIpc) is 3.15. The smallest absolute Gasteiger partial charge is 0.178 e. The van der Waals surface area contributed by atoms with Gasteiger partial charge in [0.15, 0.2) is 23.0 Å².